The highest BCUT2D eigenvalue weighted by Gasteiger charge is 2.46. The molecule has 1 heterocycles. The van der Waals surface area contributed by atoms with E-state index in [4.69, 9.17) is 5.53 Å². The molecule has 1 saturated heterocycles. The van der Waals surface area contributed by atoms with Crippen LogP contribution >= 0.6 is 0 Å². The van der Waals surface area contributed by atoms with Crippen LogP contribution in [0.2, 0.25) is 0 Å². The summed E-state index contributed by atoms with van der Waals surface area (Å²) in [5, 5.41) is 3.56. The summed E-state index contributed by atoms with van der Waals surface area (Å²) in [4.78, 5) is 16.4. The van der Waals surface area contributed by atoms with Crippen molar-refractivity contribution in [3.8, 4) is 0 Å². The van der Waals surface area contributed by atoms with E-state index in [1.165, 1.54) is 29.2 Å². The van der Waals surface area contributed by atoms with Crippen molar-refractivity contribution in [3.63, 3.8) is 0 Å². The Balaban J connectivity index is 1.89. The van der Waals surface area contributed by atoms with E-state index in [9.17, 15) is 9.18 Å². The third-order valence-corrected chi connectivity index (χ3v) is 3.68. The topological polar surface area (TPSA) is 69.1 Å². The Hall–Kier alpha value is -3.11. The SMILES string of the molecule is [N-]=[N+]=NC1C(=O)N(c2ccc(F)cc2)C1/C=C/c1ccccc1. The number of carbonyl (C=O) groups excluding carboxylic acids is 1. The van der Waals surface area contributed by atoms with E-state index in [0.29, 0.717) is 5.69 Å². The quantitative estimate of drug-likeness (QED) is 0.365. The fourth-order valence-corrected chi connectivity index (χ4v) is 2.53. The van der Waals surface area contributed by atoms with E-state index >= 15 is 0 Å². The molecule has 6 heteroatoms. The van der Waals surface area contributed by atoms with Crippen molar-refractivity contribution in [2.24, 2.45) is 5.11 Å². The second-order valence-electron chi connectivity index (χ2n) is 5.09. The summed E-state index contributed by atoms with van der Waals surface area (Å²) < 4.78 is 13.0. The summed E-state index contributed by atoms with van der Waals surface area (Å²) >= 11 is 0. The molecule has 0 radical (unpaired) electrons. The number of halogens is 1. The van der Waals surface area contributed by atoms with Gasteiger partial charge in [-0.15, -0.1) is 0 Å². The lowest BCUT2D eigenvalue weighted by atomic mass is 9.93. The summed E-state index contributed by atoms with van der Waals surface area (Å²) in [5.41, 5.74) is 10.2. The predicted molar refractivity (Wildman–Crippen MR) is 86.1 cm³/mol. The fraction of sp³-hybridized carbons (Fsp3) is 0.118. The van der Waals surface area contributed by atoms with E-state index in [-0.39, 0.29) is 17.8 Å². The van der Waals surface area contributed by atoms with E-state index in [1.807, 2.05) is 42.5 Å². The lowest BCUT2D eigenvalue weighted by Gasteiger charge is -2.43. The second-order valence-corrected chi connectivity index (χ2v) is 5.09. The van der Waals surface area contributed by atoms with Crippen LogP contribution < -0.4 is 4.90 Å². The first-order valence-electron chi connectivity index (χ1n) is 7.07. The van der Waals surface area contributed by atoms with Gasteiger partial charge < -0.3 is 4.90 Å². The van der Waals surface area contributed by atoms with Crippen LogP contribution in [0.3, 0.4) is 0 Å². The van der Waals surface area contributed by atoms with Crippen LogP contribution in [0.15, 0.2) is 65.8 Å². The fourth-order valence-electron chi connectivity index (χ4n) is 2.53. The van der Waals surface area contributed by atoms with Gasteiger partial charge in [0, 0.05) is 10.6 Å². The molecule has 114 valence electrons. The van der Waals surface area contributed by atoms with Gasteiger partial charge in [-0.05, 0) is 35.4 Å². The number of hydrogen-bond donors (Lipinski definition) is 0. The van der Waals surface area contributed by atoms with Crippen LogP contribution in [0.1, 0.15) is 5.56 Å². The zero-order valence-corrected chi connectivity index (χ0v) is 12.1. The third kappa shape index (κ3) is 2.93. The molecule has 0 aromatic heterocycles. The normalized spacial score (nSPS) is 20.2. The van der Waals surface area contributed by atoms with Crippen molar-refractivity contribution < 1.29 is 9.18 Å². The Kier molecular flexibility index (Phi) is 4.08. The number of hydrogen-bond acceptors (Lipinski definition) is 2. The third-order valence-electron chi connectivity index (χ3n) is 3.68. The molecular weight excluding hydrogens is 295 g/mol. The van der Waals surface area contributed by atoms with Crippen molar-refractivity contribution in [2.75, 3.05) is 4.90 Å². The molecule has 1 amide bonds. The first kappa shape index (κ1) is 14.8. The highest BCUT2D eigenvalue weighted by atomic mass is 19.1. The zero-order valence-electron chi connectivity index (χ0n) is 12.1. The Labute approximate surface area is 132 Å². The lowest BCUT2D eigenvalue weighted by molar-refractivity contribution is -0.125. The number of benzene rings is 2. The largest absolute Gasteiger partial charge is 0.304 e. The minimum absolute atomic E-state index is 0.294. The van der Waals surface area contributed by atoms with Gasteiger partial charge in [-0.1, -0.05) is 47.6 Å². The Morgan fingerprint density at radius 1 is 1.13 bits per heavy atom. The molecule has 2 aromatic rings. The minimum atomic E-state index is -0.773. The van der Waals surface area contributed by atoms with E-state index < -0.39 is 6.04 Å². The van der Waals surface area contributed by atoms with Crippen LogP contribution in [0, 0.1) is 5.82 Å². The molecular formula is C17H13FN4O. The molecule has 1 fully saturated rings. The van der Waals surface area contributed by atoms with E-state index in [1.54, 1.807) is 0 Å². The van der Waals surface area contributed by atoms with E-state index in [0.717, 1.165) is 5.56 Å². The van der Waals surface area contributed by atoms with Crippen LogP contribution in [0.4, 0.5) is 10.1 Å². The molecule has 0 spiro atoms. The van der Waals surface area contributed by atoms with Crippen LogP contribution in [0.25, 0.3) is 16.5 Å². The van der Waals surface area contributed by atoms with Gasteiger partial charge in [0.1, 0.15) is 11.9 Å². The monoisotopic (exact) mass is 308 g/mol. The Morgan fingerprint density at radius 3 is 2.48 bits per heavy atom. The average molecular weight is 308 g/mol. The number of amides is 1. The Morgan fingerprint density at radius 2 is 1.83 bits per heavy atom. The zero-order chi connectivity index (χ0) is 16.2. The first-order chi connectivity index (χ1) is 11.2. The number of β-lactam (4-membered cyclic amide) rings is 1. The number of carbonyl (C=O) groups is 1. The molecule has 1 aliphatic heterocycles. The molecule has 0 saturated carbocycles. The standard InChI is InChI=1S/C17H13FN4O/c18-13-7-9-14(10-8-13)22-15(16(17(22)23)20-21-19)11-6-12-4-2-1-3-5-12/h1-11,15-16H/b11-6+. The molecule has 0 bridgehead atoms. The maximum absolute atomic E-state index is 13.0. The molecule has 2 atom stereocenters. The second kappa shape index (κ2) is 6.34. The number of anilines is 1. The summed E-state index contributed by atoms with van der Waals surface area (Å²) in [6.45, 7) is 0. The van der Waals surface area contributed by atoms with Crippen molar-refractivity contribution >= 4 is 17.7 Å². The number of rotatable bonds is 4. The Bertz CT molecular complexity index is 782. The van der Waals surface area contributed by atoms with Crippen molar-refractivity contribution in [3.05, 3.63) is 82.5 Å². The minimum Gasteiger partial charge on any atom is -0.304 e. The first-order valence-corrected chi connectivity index (χ1v) is 7.07. The van der Waals surface area contributed by atoms with Gasteiger partial charge in [0.15, 0.2) is 0 Å². The van der Waals surface area contributed by atoms with Crippen molar-refractivity contribution in [1.82, 2.24) is 0 Å². The lowest BCUT2D eigenvalue weighted by Crippen LogP contribution is -2.63. The average Bonchev–Trinajstić information content (AvgIpc) is 2.58. The summed E-state index contributed by atoms with van der Waals surface area (Å²) in [7, 11) is 0. The molecule has 0 aliphatic carbocycles. The van der Waals surface area contributed by atoms with Gasteiger partial charge in [0.2, 0.25) is 5.91 Å². The van der Waals surface area contributed by atoms with Gasteiger partial charge in [0.05, 0.1) is 6.04 Å². The maximum atomic E-state index is 13.0. The van der Waals surface area contributed by atoms with Gasteiger partial charge in [-0.25, -0.2) is 4.39 Å². The number of nitrogens with zero attached hydrogens (tertiary/aromatic N) is 4. The van der Waals surface area contributed by atoms with Gasteiger partial charge in [0.25, 0.3) is 0 Å². The molecule has 0 N–H and O–H groups in total. The number of azide groups is 1. The van der Waals surface area contributed by atoms with Crippen molar-refractivity contribution in [2.45, 2.75) is 12.1 Å². The summed E-state index contributed by atoms with van der Waals surface area (Å²) in [5.74, 6) is -0.665. The summed E-state index contributed by atoms with van der Waals surface area (Å²) in [6.07, 6.45) is 3.69. The van der Waals surface area contributed by atoms with Crippen LogP contribution in [-0.4, -0.2) is 18.0 Å². The maximum Gasteiger partial charge on any atom is 0.239 e. The predicted octanol–water partition coefficient (Wildman–Crippen LogP) is 3.93. The highest BCUT2D eigenvalue weighted by molar-refractivity contribution is 6.06. The molecule has 2 unspecified atom stereocenters. The highest BCUT2D eigenvalue weighted by Crippen LogP contribution is 2.31. The van der Waals surface area contributed by atoms with Gasteiger partial charge in [-0.3, -0.25) is 4.79 Å². The van der Waals surface area contributed by atoms with Crippen molar-refractivity contribution in [1.29, 1.82) is 0 Å². The molecule has 2 aromatic carbocycles. The van der Waals surface area contributed by atoms with Gasteiger partial charge >= 0.3 is 0 Å². The smallest absolute Gasteiger partial charge is 0.239 e. The van der Waals surface area contributed by atoms with Gasteiger partial charge in [-0.2, -0.15) is 0 Å². The summed E-state index contributed by atoms with van der Waals surface area (Å²) in [6, 6.07) is 14.1. The van der Waals surface area contributed by atoms with Crippen LogP contribution in [-0.2, 0) is 4.79 Å². The molecule has 5 nitrogen and oxygen atoms in total. The molecule has 1 aliphatic rings. The van der Waals surface area contributed by atoms with E-state index in [2.05, 4.69) is 10.0 Å². The van der Waals surface area contributed by atoms with Crippen LogP contribution in [0.5, 0.6) is 0 Å². The molecule has 23 heavy (non-hydrogen) atoms. The molecule has 3 rings (SSSR count).